The van der Waals surface area contributed by atoms with Crippen LogP contribution >= 0.6 is 0 Å². The van der Waals surface area contributed by atoms with Crippen LogP contribution in [0.15, 0.2) is 30.3 Å². The fourth-order valence-electron chi connectivity index (χ4n) is 3.13. The molecule has 0 aliphatic heterocycles. The Morgan fingerprint density at radius 3 is 2.61 bits per heavy atom. The zero-order valence-corrected chi connectivity index (χ0v) is 14.2. The molecule has 23 heavy (non-hydrogen) atoms. The number of aliphatic hydroxyl groups excluding tert-OH is 1. The molecule has 1 N–H and O–H groups in total. The molecule has 3 aromatic rings. The van der Waals surface area contributed by atoms with Gasteiger partial charge in [0.1, 0.15) is 11.6 Å². The Morgan fingerprint density at radius 1 is 1.13 bits per heavy atom. The summed E-state index contributed by atoms with van der Waals surface area (Å²) in [4.78, 5) is 0. The molecule has 0 saturated heterocycles. The van der Waals surface area contributed by atoms with E-state index in [1.54, 1.807) is 0 Å². The standard InChI is InChI=1S/C19H23N3O/c1-5-14-11-15(8-7-12(14)3)19(23)16-9-10-17-18(13(16)4)20-21-22(17)6-2/h7-11,19,23H,5-6H2,1-4H3. The molecule has 0 amide bonds. The third kappa shape index (κ3) is 2.63. The largest absolute Gasteiger partial charge is 0.384 e. The number of nitrogens with zero attached hydrogens (tertiary/aromatic N) is 3. The van der Waals surface area contributed by atoms with Crippen molar-refractivity contribution in [3.8, 4) is 0 Å². The first-order valence-electron chi connectivity index (χ1n) is 8.17. The SMILES string of the molecule is CCc1cc(C(O)c2ccc3c(nnn3CC)c2C)ccc1C. The monoisotopic (exact) mass is 309 g/mol. The number of rotatable bonds is 4. The van der Waals surface area contributed by atoms with Gasteiger partial charge in [-0.2, -0.15) is 0 Å². The van der Waals surface area contributed by atoms with Crippen LogP contribution in [0.1, 0.15) is 47.8 Å². The van der Waals surface area contributed by atoms with Crippen LogP contribution in [0.2, 0.25) is 0 Å². The molecule has 0 saturated carbocycles. The first-order chi connectivity index (χ1) is 11.1. The van der Waals surface area contributed by atoms with Crippen molar-refractivity contribution in [3.05, 3.63) is 58.1 Å². The van der Waals surface area contributed by atoms with Crippen molar-refractivity contribution in [2.24, 2.45) is 0 Å². The minimum Gasteiger partial charge on any atom is -0.384 e. The lowest BCUT2D eigenvalue weighted by Gasteiger charge is -2.16. The van der Waals surface area contributed by atoms with E-state index in [-0.39, 0.29) is 0 Å². The first kappa shape index (κ1) is 15.7. The van der Waals surface area contributed by atoms with E-state index in [0.717, 1.165) is 40.7 Å². The maximum absolute atomic E-state index is 10.9. The molecule has 0 spiro atoms. The van der Waals surface area contributed by atoms with Gasteiger partial charge in [0.15, 0.2) is 0 Å². The number of hydrogen-bond acceptors (Lipinski definition) is 3. The Kier molecular flexibility index (Phi) is 4.18. The van der Waals surface area contributed by atoms with Gasteiger partial charge >= 0.3 is 0 Å². The molecular weight excluding hydrogens is 286 g/mol. The third-order valence-corrected chi connectivity index (χ3v) is 4.65. The van der Waals surface area contributed by atoms with E-state index >= 15 is 0 Å². The fraction of sp³-hybridized carbons (Fsp3) is 0.368. The number of fused-ring (bicyclic) bond motifs is 1. The molecule has 120 valence electrons. The molecule has 0 bridgehead atoms. The predicted octanol–water partition coefficient (Wildman–Crippen LogP) is 3.71. The molecule has 2 aromatic carbocycles. The zero-order chi connectivity index (χ0) is 16.6. The molecule has 1 unspecified atom stereocenters. The summed E-state index contributed by atoms with van der Waals surface area (Å²) in [6.45, 7) is 9.08. The molecule has 0 radical (unpaired) electrons. The summed E-state index contributed by atoms with van der Waals surface area (Å²) in [5, 5.41) is 19.3. The second-order valence-electron chi connectivity index (χ2n) is 5.99. The van der Waals surface area contributed by atoms with Crippen molar-refractivity contribution in [2.75, 3.05) is 0 Å². The van der Waals surface area contributed by atoms with Crippen LogP contribution < -0.4 is 0 Å². The maximum atomic E-state index is 10.9. The van der Waals surface area contributed by atoms with E-state index in [2.05, 4.69) is 36.3 Å². The van der Waals surface area contributed by atoms with Gasteiger partial charge in [0.25, 0.3) is 0 Å². The summed E-state index contributed by atoms with van der Waals surface area (Å²) in [6, 6.07) is 10.2. The Hall–Kier alpha value is -2.20. The van der Waals surface area contributed by atoms with Gasteiger partial charge in [-0.25, -0.2) is 4.68 Å². The lowest BCUT2D eigenvalue weighted by atomic mass is 9.93. The highest BCUT2D eigenvalue weighted by Gasteiger charge is 2.17. The summed E-state index contributed by atoms with van der Waals surface area (Å²) >= 11 is 0. The van der Waals surface area contributed by atoms with Crippen LogP contribution in [0.4, 0.5) is 0 Å². The number of benzene rings is 2. The highest BCUT2D eigenvalue weighted by Crippen LogP contribution is 2.30. The summed E-state index contributed by atoms with van der Waals surface area (Å²) < 4.78 is 1.87. The minimum atomic E-state index is -0.642. The Bertz CT molecular complexity index is 851. The van der Waals surface area contributed by atoms with Crippen LogP contribution in [-0.2, 0) is 13.0 Å². The molecule has 0 aliphatic carbocycles. The number of hydrogen-bond donors (Lipinski definition) is 1. The van der Waals surface area contributed by atoms with Crippen LogP contribution in [0, 0.1) is 13.8 Å². The van der Waals surface area contributed by atoms with Gasteiger partial charge in [-0.3, -0.25) is 0 Å². The van der Waals surface area contributed by atoms with Crippen molar-refractivity contribution in [3.63, 3.8) is 0 Å². The van der Waals surface area contributed by atoms with E-state index in [4.69, 9.17) is 0 Å². The normalized spacial score (nSPS) is 12.7. The highest BCUT2D eigenvalue weighted by atomic mass is 16.3. The minimum absolute atomic E-state index is 0.642. The number of aromatic nitrogens is 3. The Morgan fingerprint density at radius 2 is 1.91 bits per heavy atom. The molecule has 1 heterocycles. The summed E-state index contributed by atoms with van der Waals surface area (Å²) in [5.41, 5.74) is 7.24. The van der Waals surface area contributed by atoms with Gasteiger partial charge in [-0.05, 0) is 61.1 Å². The smallest absolute Gasteiger partial charge is 0.116 e. The summed E-state index contributed by atoms with van der Waals surface area (Å²) in [7, 11) is 0. The summed E-state index contributed by atoms with van der Waals surface area (Å²) in [5.74, 6) is 0. The number of aliphatic hydroxyl groups is 1. The van der Waals surface area contributed by atoms with E-state index in [1.807, 2.05) is 36.7 Å². The van der Waals surface area contributed by atoms with Gasteiger partial charge in [0.2, 0.25) is 0 Å². The zero-order valence-electron chi connectivity index (χ0n) is 14.2. The maximum Gasteiger partial charge on any atom is 0.116 e. The Balaban J connectivity index is 2.07. The molecule has 4 heteroatoms. The van der Waals surface area contributed by atoms with Gasteiger partial charge in [-0.15, -0.1) is 5.10 Å². The molecule has 4 nitrogen and oxygen atoms in total. The van der Waals surface area contributed by atoms with E-state index in [1.165, 1.54) is 11.1 Å². The second-order valence-corrected chi connectivity index (χ2v) is 5.99. The van der Waals surface area contributed by atoms with Crippen molar-refractivity contribution in [1.29, 1.82) is 0 Å². The quantitative estimate of drug-likeness (QED) is 0.799. The molecule has 0 fully saturated rings. The summed E-state index contributed by atoms with van der Waals surface area (Å²) in [6.07, 6.45) is 0.326. The lowest BCUT2D eigenvalue weighted by molar-refractivity contribution is 0.219. The molecule has 1 aromatic heterocycles. The van der Waals surface area contributed by atoms with E-state index < -0.39 is 6.10 Å². The molecule has 0 aliphatic rings. The molecule has 3 rings (SSSR count). The van der Waals surface area contributed by atoms with Crippen molar-refractivity contribution >= 4 is 11.0 Å². The van der Waals surface area contributed by atoms with Crippen LogP contribution in [0.5, 0.6) is 0 Å². The third-order valence-electron chi connectivity index (χ3n) is 4.65. The van der Waals surface area contributed by atoms with Crippen LogP contribution in [0.3, 0.4) is 0 Å². The fourth-order valence-corrected chi connectivity index (χ4v) is 3.13. The average Bonchev–Trinajstić information content (AvgIpc) is 2.99. The van der Waals surface area contributed by atoms with Crippen LogP contribution in [-0.4, -0.2) is 20.1 Å². The van der Waals surface area contributed by atoms with Gasteiger partial charge < -0.3 is 5.11 Å². The number of aryl methyl sites for hydroxylation is 4. The van der Waals surface area contributed by atoms with Crippen molar-refractivity contribution < 1.29 is 5.11 Å². The van der Waals surface area contributed by atoms with Gasteiger partial charge in [-0.1, -0.05) is 36.4 Å². The van der Waals surface area contributed by atoms with E-state index in [9.17, 15) is 5.11 Å². The van der Waals surface area contributed by atoms with Crippen molar-refractivity contribution in [1.82, 2.24) is 15.0 Å². The second kappa shape index (κ2) is 6.13. The van der Waals surface area contributed by atoms with Crippen molar-refractivity contribution in [2.45, 2.75) is 46.8 Å². The predicted molar refractivity (Wildman–Crippen MR) is 92.6 cm³/mol. The van der Waals surface area contributed by atoms with Crippen LogP contribution in [0.25, 0.3) is 11.0 Å². The first-order valence-corrected chi connectivity index (χ1v) is 8.17. The molecular formula is C19H23N3O. The van der Waals surface area contributed by atoms with E-state index in [0.29, 0.717) is 0 Å². The lowest BCUT2D eigenvalue weighted by Crippen LogP contribution is -2.04. The van der Waals surface area contributed by atoms with Gasteiger partial charge in [0.05, 0.1) is 5.52 Å². The Labute approximate surface area is 136 Å². The molecule has 1 atom stereocenters. The average molecular weight is 309 g/mol. The van der Waals surface area contributed by atoms with Gasteiger partial charge in [0, 0.05) is 6.54 Å². The topological polar surface area (TPSA) is 50.9 Å². The highest BCUT2D eigenvalue weighted by molar-refractivity contribution is 5.79.